The molecular formula is C19H18N2O3. The highest BCUT2D eigenvalue weighted by atomic mass is 16.3. The van der Waals surface area contributed by atoms with Gasteiger partial charge in [0.05, 0.1) is 12.8 Å². The van der Waals surface area contributed by atoms with Crippen molar-refractivity contribution < 1.29 is 13.6 Å². The van der Waals surface area contributed by atoms with Gasteiger partial charge >= 0.3 is 0 Å². The van der Waals surface area contributed by atoms with Gasteiger partial charge in [0.1, 0.15) is 17.3 Å². The van der Waals surface area contributed by atoms with Crippen molar-refractivity contribution in [2.45, 2.75) is 20.0 Å². The highest BCUT2D eigenvalue weighted by Gasteiger charge is 2.14. The van der Waals surface area contributed by atoms with Gasteiger partial charge in [-0.1, -0.05) is 6.07 Å². The Bertz CT molecular complexity index is 804. The Morgan fingerprint density at radius 1 is 1.21 bits per heavy atom. The third-order valence-corrected chi connectivity index (χ3v) is 3.49. The number of hydrogen-bond donors (Lipinski definition) is 0. The molecule has 0 spiro atoms. The molecule has 0 radical (unpaired) electrons. The Labute approximate surface area is 140 Å². The lowest BCUT2D eigenvalue weighted by Gasteiger charge is -2.20. The Morgan fingerprint density at radius 2 is 2.12 bits per heavy atom. The summed E-state index contributed by atoms with van der Waals surface area (Å²) >= 11 is 0. The van der Waals surface area contributed by atoms with Crippen LogP contribution in [0, 0.1) is 6.92 Å². The number of carbonyl (C=O) groups excluding carboxylic acids is 1. The molecular weight excluding hydrogens is 304 g/mol. The molecule has 0 N–H and O–H groups in total. The van der Waals surface area contributed by atoms with E-state index in [0.717, 1.165) is 17.1 Å². The van der Waals surface area contributed by atoms with Crippen molar-refractivity contribution >= 4 is 12.0 Å². The molecule has 0 unspecified atom stereocenters. The lowest BCUT2D eigenvalue weighted by molar-refractivity contribution is -0.127. The van der Waals surface area contributed by atoms with Gasteiger partial charge in [-0.05, 0) is 48.9 Å². The zero-order chi connectivity index (χ0) is 16.8. The van der Waals surface area contributed by atoms with Crippen molar-refractivity contribution in [2.75, 3.05) is 0 Å². The number of hydrogen-bond acceptors (Lipinski definition) is 4. The second-order valence-corrected chi connectivity index (χ2v) is 5.42. The standard InChI is InChI=1S/C19H18N2O3/c1-15-6-7-17(24-15)8-9-19(22)21(14-18-5-3-11-23-18)13-16-4-2-10-20-12-16/h2-12H,13-14H2,1H3/b9-8+. The van der Waals surface area contributed by atoms with E-state index in [2.05, 4.69) is 4.98 Å². The number of aromatic nitrogens is 1. The average molecular weight is 322 g/mol. The predicted molar refractivity (Wildman–Crippen MR) is 89.7 cm³/mol. The van der Waals surface area contributed by atoms with Crippen molar-refractivity contribution in [3.05, 3.63) is 84.0 Å². The molecule has 3 rings (SSSR count). The number of aryl methyl sites for hydroxylation is 1. The molecule has 24 heavy (non-hydrogen) atoms. The molecule has 0 aromatic carbocycles. The molecule has 3 aromatic heterocycles. The van der Waals surface area contributed by atoms with E-state index in [1.807, 2.05) is 43.3 Å². The summed E-state index contributed by atoms with van der Waals surface area (Å²) in [5, 5.41) is 0. The maximum absolute atomic E-state index is 12.6. The second-order valence-electron chi connectivity index (χ2n) is 5.42. The minimum Gasteiger partial charge on any atom is -0.467 e. The fourth-order valence-corrected chi connectivity index (χ4v) is 2.32. The Balaban J connectivity index is 1.75. The highest BCUT2D eigenvalue weighted by Crippen LogP contribution is 2.13. The summed E-state index contributed by atoms with van der Waals surface area (Å²) in [6, 6.07) is 11.1. The van der Waals surface area contributed by atoms with E-state index >= 15 is 0 Å². The van der Waals surface area contributed by atoms with Crippen LogP contribution in [-0.2, 0) is 17.9 Å². The van der Waals surface area contributed by atoms with Crippen LogP contribution in [0.1, 0.15) is 22.8 Å². The normalized spacial score (nSPS) is 11.0. The Kier molecular flexibility index (Phi) is 4.91. The van der Waals surface area contributed by atoms with E-state index in [0.29, 0.717) is 18.8 Å². The smallest absolute Gasteiger partial charge is 0.247 e. The van der Waals surface area contributed by atoms with Gasteiger partial charge in [-0.25, -0.2) is 0 Å². The van der Waals surface area contributed by atoms with Crippen LogP contribution in [-0.4, -0.2) is 15.8 Å². The minimum absolute atomic E-state index is 0.121. The topological polar surface area (TPSA) is 59.5 Å². The maximum Gasteiger partial charge on any atom is 0.247 e. The van der Waals surface area contributed by atoms with Crippen LogP contribution in [0.15, 0.2) is 70.0 Å². The molecule has 0 aliphatic heterocycles. The van der Waals surface area contributed by atoms with Crippen LogP contribution in [0.3, 0.4) is 0 Å². The van der Waals surface area contributed by atoms with Crippen molar-refractivity contribution in [2.24, 2.45) is 0 Å². The first-order valence-corrected chi connectivity index (χ1v) is 7.65. The molecule has 0 aliphatic carbocycles. The lowest BCUT2D eigenvalue weighted by atomic mass is 10.2. The quantitative estimate of drug-likeness (QED) is 0.647. The Hall–Kier alpha value is -3.08. The van der Waals surface area contributed by atoms with Crippen molar-refractivity contribution in [3.8, 4) is 0 Å². The monoisotopic (exact) mass is 322 g/mol. The fraction of sp³-hybridized carbons (Fsp3) is 0.158. The third-order valence-electron chi connectivity index (χ3n) is 3.49. The third kappa shape index (κ3) is 4.23. The molecule has 5 heteroatoms. The summed E-state index contributed by atoms with van der Waals surface area (Å²) in [4.78, 5) is 18.4. The van der Waals surface area contributed by atoms with Gasteiger partial charge in [0, 0.05) is 25.0 Å². The van der Waals surface area contributed by atoms with Gasteiger partial charge in [-0.2, -0.15) is 0 Å². The molecule has 122 valence electrons. The molecule has 0 atom stereocenters. The number of furan rings is 2. The summed E-state index contributed by atoms with van der Waals surface area (Å²) in [7, 11) is 0. The lowest BCUT2D eigenvalue weighted by Crippen LogP contribution is -2.28. The SMILES string of the molecule is Cc1ccc(/C=C/C(=O)N(Cc2cccnc2)Cc2ccco2)o1. The van der Waals surface area contributed by atoms with Crippen molar-refractivity contribution in [1.82, 2.24) is 9.88 Å². The van der Waals surface area contributed by atoms with Crippen molar-refractivity contribution in [3.63, 3.8) is 0 Å². The predicted octanol–water partition coefficient (Wildman–Crippen LogP) is 3.82. The van der Waals surface area contributed by atoms with E-state index in [1.54, 1.807) is 29.6 Å². The van der Waals surface area contributed by atoms with Gasteiger partial charge in [0.25, 0.3) is 0 Å². The summed E-state index contributed by atoms with van der Waals surface area (Å²) in [5.74, 6) is 2.07. The van der Waals surface area contributed by atoms with Gasteiger partial charge in [0.2, 0.25) is 5.91 Å². The molecule has 0 bridgehead atoms. The summed E-state index contributed by atoms with van der Waals surface area (Å²) in [6.45, 7) is 2.71. The van der Waals surface area contributed by atoms with Crippen LogP contribution >= 0.6 is 0 Å². The summed E-state index contributed by atoms with van der Waals surface area (Å²) in [5.41, 5.74) is 0.958. The van der Waals surface area contributed by atoms with Crippen LogP contribution in [0.4, 0.5) is 0 Å². The zero-order valence-electron chi connectivity index (χ0n) is 13.4. The molecule has 1 amide bonds. The van der Waals surface area contributed by atoms with E-state index in [9.17, 15) is 4.79 Å². The molecule has 0 fully saturated rings. The molecule has 0 saturated carbocycles. The minimum atomic E-state index is -0.121. The zero-order valence-corrected chi connectivity index (χ0v) is 13.4. The molecule has 3 heterocycles. The Morgan fingerprint density at radius 3 is 2.79 bits per heavy atom. The van der Waals surface area contributed by atoms with Crippen LogP contribution < -0.4 is 0 Å². The molecule has 0 saturated heterocycles. The number of nitrogens with zero attached hydrogens (tertiary/aromatic N) is 2. The van der Waals surface area contributed by atoms with Gasteiger partial charge in [0.15, 0.2) is 0 Å². The van der Waals surface area contributed by atoms with Gasteiger partial charge in [-0.3, -0.25) is 9.78 Å². The maximum atomic E-state index is 12.6. The highest BCUT2D eigenvalue weighted by molar-refractivity contribution is 5.91. The molecule has 3 aromatic rings. The molecule has 5 nitrogen and oxygen atoms in total. The first-order chi connectivity index (χ1) is 11.7. The summed E-state index contributed by atoms with van der Waals surface area (Å²) < 4.78 is 10.8. The summed E-state index contributed by atoms with van der Waals surface area (Å²) in [6.07, 6.45) is 8.25. The van der Waals surface area contributed by atoms with Crippen LogP contribution in [0.2, 0.25) is 0 Å². The van der Waals surface area contributed by atoms with E-state index in [1.165, 1.54) is 6.08 Å². The average Bonchev–Trinajstić information content (AvgIpc) is 3.24. The molecule has 0 aliphatic rings. The number of pyridine rings is 1. The number of amides is 1. The van der Waals surface area contributed by atoms with E-state index in [-0.39, 0.29) is 5.91 Å². The first-order valence-electron chi connectivity index (χ1n) is 7.65. The largest absolute Gasteiger partial charge is 0.467 e. The van der Waals surface area contributed by atoms with E-state index in [4.69, 9.17) is 8.83 Å². The van der Waals surface area contributed by atoms with Gasteiger partial charge in [-0.15, -0.1) is 0 Å². The van der Waals surface area contributed by atoms with Gasteiger partial charge < -0.3 is 13.7 Å². The number of carbonyl (C=O) groups is 1. The van der Waals surface area contributed by atoms with Crippen molar-refractivity contribution in [1.29, 1.82) is 0 Å². The fourth-order valence-electron chi connectivity index (χ4n) is 2.32. The number of rotatable bonds is 6. The first kappa shape index (κ1) is 15.8. The van der Waals surface area contributed by atoms with Crippen LogP contribution in [0.5, 0.6) is 0 Å². The van der Waals surface area contributed by atoms with E-state index < -0.39 is 0 Å². The second kappa shape index (κ2) is 7.46. The van der Waals surface area contributed by atoms with Crippen LogP contribution in [0.25, 0.3) is 6.08 Å².